The molecular weight excluding hydrogens is 410 g/mol. The fourth-order valence-electron chi connectivity index (χ4n) is 3.82. The largest absolute Gasteiger partial charge is 0.496 e. The number of hydrogen-bond acceptors (Lipinski definition) is 7. The summed E-state index contributed by atoms with van der Waals surface area (Å²) in [5.74, 6) is 0.729. The lowest BCUT2D eigenvalue weighted by Crippen LogP contribution is -2.49. The molecule has 9 heteroatoms. The molecule has 4 rings (SSSR count). The first-order valence-electron chi connectivity index (χ1n) is 10.6. The van der Waals surface area contributed by atoms with E-state index in [0.29, 0.717) is 43.4 Å². The summed E-state index contributed by atoms with van der Waals surface area (Å²) in [4.78, 5) is 37.6. The lowest BCUT2D eigenvalue weighted by atomic mass is 10.1. The van der Waals surface area contributed by atoms with Gasteiger partial charge in [0.05, 0.1) is 29.7 Å². The van der Waals surface area contributed by atoms with Crippen LogP contribution in [0.4, 0.5) is 5.69 Å². The van der Waals surface area contributed by atoms with E-state index in [4.69, 9.17) is 9.47 Å². The summed E-state index contributed by atoms with van der Waals surface area (Å²) < 4.78 is 12.5. The number of hydrogen-bond donors (Lipinski definition) is 0. The summed E-state index contributed by atoms with van der Waals surface area (Å²) in [7, 11) is 3.08. The minimum Gasteiger partial charge on any atom is -0.496 e. The zero-order valence-corrected chi connectivity index (χ0v) is 18.7. The predicted molar refractivity (Wildman–Crippen MR) is 122 cm³/mol. The Bertz CT molecular complexity index is 1200. The Morgan fingerprint density at radius 1 is 1.09 bits per heavy atom. The molecule has 0 saturated carbocycles. The lowest BCUT2D eigenvalue weighted by molar-refractivity contribution is 0.0742. The molecule has 0 atom stereocenters. The van der Waals surface area contributed by atoms with Crippen molar-refractivity contribution in [1.29, 1.82) is 0 Å². The number of carbonyl (C=O) groups excluding carboxylic acids is 1. The van der Waals surface area contributed by atoms with Crippen LogP contribution in [0, 0.1) is 0 Å². The number of methoxy groups -OCH3 is 1. The number of fused-ring (bicyclic) bond motifs is 1. The Morgan fingerprint density at radius 3 is 2.53 bits per heavy atom. The van der Waals surface area contributed by atoms with Gasteiger partial charge in [-0.1, -0.05) is 0 Å². The molecule has 1 amide bonds. The molecule has 1 fully saturated rings. The van der Waals surface area contributed by atoms with Crippen molar-refractivity contribution in [3.05, 3.63) is 52.7 Å². The van der Waals surface area contributed by atoms with Gasteiger partial charge in [0.2, 0.25) is 5.88 Å². The van der Waals surface area contributed by atoms with Gasteiger partial charge in [-0.05, 0) is 32.0 Å². The van der Waals surface area contributed by atoms with Crippen molar-refractivity contribution in [1.82, 2.24) is 19.4 Å². The number of nitrogens with zero attached hydrogens (tertiary/aromatic N) is 5. The maximum Gasteiger partial charge on any atom is 0.259 e. The molecule has 0 bridgehead atoms. The number of benzene rings is 1. The summed E-state index contributed by atoms with van der Waals surface area (Å²) in [5, 5.41) is 0.868. The van der Waals surface area contributed by atoms with Crippen LogP contribution in [-0.2, 0) is 7.05 Å². The van der Waals surface area contributed by atoms with Crippen molar-refractivity contribution >= 4 is 22.5 Å². The molecular formula is C23H27N5O4. The van der Waals surface area contributed by atoms with E-state index in [-0.39, 0.29) is 17.6 Å². The Kier molecular flexibility index (Phi) is 5.98. The molecule has 1 saturated heterocycles. The second kappa shape index (κ2) is 8.86. The molecule has 0 aliphatic carbocycles. The van der Waals surface area contributed by atoms with Gasteiger partial charge in [-0.3, -0.25) is 9.59 Å². The van der Waals surface area contributed by atoms with Crippen LogP contribution in [0.25, 0.3) is 10.9 Å². The number of aryl methyl sites for hydroxylation is 1. The smallest absolute Gasteiger partial charge is 0.259 e. The third-order valence-electron chi connectivity index (χ3n) is 5.50. The third-order valence-corrected chi connectivity index (χ3v) is 5.50. The van der Waals surface area contributed by atoms with Gasteiger partial charge >= 0.3 is 0 Å². The van der Waals surface area contributed by atoms with E-state index in [1.807, 2.05) is 32.0 Å². The minimum atomic E-state index is -0.218. The number of piperazine rings is 1. The molecule has 1 aromatic carbocycles. The van der Waals surface area contributed by atoms with Gasteiger partial charge < -0.3 is 23.8 Å². The number of pyridine rings is 1. The van der Waals surface area contributed by atoms with Gasteiger partial charge in [0.15, 0.2) is 0 Å². The average Bonchev–Trinajstić information content (AvgIpc) is 2.80. The highest BCUT2D eigenvalue weighted by atomic mass is 16.5. The molecule has 0 unspecified atom stereocenters. The topological polar surface area (TPSA) is 89.8 Å². The summed E-state index contributed by atoms with van der Waals surface area (Å²) in [6.45, 7) is 6.41. The van der Waals surface area contributed by atoms with Crippen LogP contribution in [0.1, 0.15) is 24.2 Å². The van der Waals surface area contributed by atoms with Gasteiger partial charge in [-0.2, -0.15) is 0 Å². The number of amides is 1. The van der Waals surface area contributed by atoms with E-state index in [1.165, 1.54) is 30.3 Å². The molecule has 3 heterocycles. The standard InChI is InChI=1S/C23H27N5O4/c1-15(2)32-22-17-11-16(5-6-19(17)24-14-25-22)27-7-9-28(10-8-27)23(30)18-13-26(3)21(29)12-20(18)31-4/h5-6,11-15H,7-10H2,1-4H3. The Balaban J connectivity index is 1.52. The Labute approximate surface area is 186 Å². The summed E-state index contributed by atoms with van der Waals surface area (Å²) >= 11 is 0. The maximum absolute atomic E-state index is 13.1. The first kappa shape index (κ1) is 21.6. The second-order valence-corrected chi connectivity index (χ2v) is 8.03. The van der Waals surface area contributed by atoms with Crippen molar-refractivity contribution < 1.29 is 14.3 Å². The van der Waals surface area contributed by atoms with Crippen LogP contribution < -0.4 is 19.9 Å². The molecule has 3 aromatic rings. The van der Waals surface area contributed by atoms with Gasteiger partial charge in [0, 0.05) is 51.2 Å². The number of aromatic nitrogens is 3. The fourth-order valence-corrected chi connectivity index (χ4v) is 3.82. The van der Waals surface area contributed by atoms with Crippen molar-refractivity contribution in [2.24, 2.45) is 7.05 Å². The molecule has 1 aliphatic heterocycles. The van der Waals surface area contributed by atoms with Crippen LogP contribution in [0.15, 0.2) is 41.6 Å². The van der Waals surface area contributed by atoms with Crippen LogP contribution in [-0.4, -0.2) is 64.7 Å². The van der Waals surface area contributed by atoms with Gasteiger partial charge in [-0.15, -0.1) is 0 Å². The minimum absolute atomic E-state index is 0.0146. The number of rotatable bonds is 5. The van der Waals surface area contributed by atoms with Crippen LogP contribution in [0.2, 0.25) is 0 Å². The SMILES string of the molecule is COc1cc(=O)n(C)cc1C(=O)N1CCN(c2ccc3ncnc(OC(C)C)c3c2)CC1. The lowest BCUT2D eigenvalue weighted by Gasteiger charge is -2.36. The van der Waals surface area contributed by atoms with Crippen molar-refractivity contribution in [3.8, 4) is 11.6 Å². The molecule has 0 radical (unpaired) electrons. The van der Waals surface area contributed by atoms with Gasteiger partial charge in [0.25, 0.3) is 11.5 Å². The van der Waals surface area contributed by atoms with Crippen LogP contribution in [0.5, 0.6) is 11.6 Å². The van der Waals surface area contributed by atoms with Gasteiger partial charge in [0.1, 0.15) is 12.1 Å². The first-order chi connectivity index (χ1) is 15.4. The van der Waals surface area contributed by atoms with E-state index in [1.54, 1.807) is 11.9 Å². The highest BCUT2D eigenvalue weighted by molar-refractivity contribution is 5.96. The van der Waals surface area contributed by atoms with Crippen LogP contribution >= 0.6 is 0 Å². The van der Waals surface area contributed by atoms with E-state index in [9.17, 15) is 9.59 Å². The van der Waals surface area contributed by atoms with E-state index < -0.39 is 0 Å². The number of anilines is 1. The van der Waals surface area contributed by atoms with E-state index in [0.717, 1.165) is 16.6 Å². The number of ether oxygens (including phenoxy) is 2. The molecule has 32 heavy (non-hydrogen) atoms. The summed E-state index contributed by atoms with van der Waals surface area (Å²) in [6.07, 6.45) is 3.06. The van der Waals surface area contributed by atoms with E-state index in [2.05, 4.69) is 14.9 Å². The molecule has 0 spiro atoms. The molecule has 0 N–H and O–H groups in total. The van der Waals surface area contributed by atoms with Crippen molar-refractivity contribution in [2.45, 2.75) is 20.0 Å². The molecule has 9 nitrogen and oxygen atoms in total. The Hall–Kier alpha value is -3.62. The average molecular weight is 438 g/mol. The van der Waals surface area contributed by atoms with Crippen LogP contribution in [0.3, 0.4) is 0 Å². The Morgan fingerprint density at radius 2 is 1.84 bits per heavy atom. The van der Waals surface area contributed by atoms with Crippen molar-refractivity contribution in [3.63, 3.8) is 0 Å². The highest BCUT2D eigenvalue weighted by Gasteiger charge is 2.25. The summed E-state index contributed by atoms with van der Waals surface area (Å²) in [6, 6.07) is 7.38. The second-order valence-electron chi connectivity index (χ2n) is 8.03. The zero-order valence-electron chi connectivity index (χ0n) is 18.7. The monoisotopic (exact) mass is 437 g/mol. The predicted octanol–water partition coefficient (Wildman–Crippen LogP) is 2.09. The quantitative estimate of drug-likeness (QED) is 0.604. The fraction of sp³-hybridized carbons (Fsp3) is 0.391. The van der Waals surface area contributed by atoms with E-state index >= 15 is 0 Å². The normalized spacial score (nSPS) is 14.2. The molecule has 168 valence electrons. The first-order valence-corrected chi connectivity index (χ1v) is 10.6. The summed E-state index contributed by atoms with van der Waals surface area (Å²) in [5.41, 5.74) is 2.04. The third kappa shape index (κ3) is 4.23. The highest BCUT2D eigenvalue weighted by Crippen LogP contribution is 2.28. The number of carbonyl (C=O) groups is 1. The molecule has 2 aromatic heterocycles. The van der Waals surface area contributed by atoms with Crippen molar-refractivity contribution in [2.75, 3.05) is 38.2 Å². The molecule has 1 aliphatic rings. The maximum atomic E-state index is 13.1. The zero-order chi connectivity index (χ0) is 22.8. The van der Waals surface area contributed by atoms with Gasteiger partial charge in [-0.25, -0.2) is 9.97 Å².